The van der Waals surface area contributed by atoms with E-state index in [-0.39, 0.29) is 17.3 Å². The van der Waals surface area contributed by atoms with Gasteiger partial charge in [-0.15, -0.1) is 0 Å². The van der Waals surface area contributed by atoms with E-state index in [2.05, 4.69) is 5.32 Å². The molecule has 0 bridgehead atoms. The predicted molar refractivity (Wildman–Crippen MR) is 161 cm³/mol. The topological polar surface area (TPSA) is 86.8 Å². The molecule has 0 spiro atoms. The van der Waals surface area contributed by atoms with Crippen molar-refractivity contribution >= 4 is 50.7 Å². The minimum Gasteiger partial charge on any atom is -0.350 e. The van der Waals surface area contributed by atoms with Gasteiger partial charge in [0, 0.05) is 12.1 Å². The molecule has 1 atom stereocenters. The van der Waals surface area contributed by atoms with Gasteiger partial charge >= 0.3 is 0 Å². The largest absolute Gasteiger partial charge is 0.350 e. The number of hydrogen-bond acceptors (Lipinski definition) is 4. The van der Waals surface area contributed by atoms with Gasteiger partial charge in [-0.05, 0) is 75.6 Å². The van der Waals surface area contributed by atoms with Gasteiger partial charge in [0.1, 0.15) is 12.6 Å². The van der Waals surface area contributed by atoms with E-state index >= 15 is 0 Å². The molecule has 0 heterocycles. The first-order valence-corrected chi connectivity index (χ1v) is 15.1. The Morgan fingerprint density at radius 3 is 2.12 bits per heavy atom. The molecule has 214 valence electrons. The summed E-state index contributed by atoms with van der Waals surface area (Å²) in [5, 5.41) is 3.62. The molecule has 0 saturated carbocycles. The Bertz CT molecular complexity index is 1460. The monoisotopic (exact) mass is 603 g/mol. The molecule has 3 rings (SSSR count). The van der Waals surface area contributed by atoms with Crippen molar-refractivity contribution in [2.45, 2.75) is 64.1 Å². The van der Waals surface area contributed by atoms with Crippen LogP contribution in [0.25, 0.3) is 0 Å². The number of carbonyl (C=O) groups excluding carboxylic acids is 2. The Labute approximate surface area is 247 Å². The number of rotatable bonds is 10. The maximum Gasteiger partial charge on any atom is 0.264 e. The molecule has 1 unspecified atom stereocenters. The SMILES string of the molecule is CCC(C(=O)NC(C)(C)C)N(Cc1ccc(Cl)c(Cl)c1)C(=O)CN(c1ccccc1C)S(=O)(=O)c1ccccc1. The summed E-state index contributed by atoms with van der Waals surface area (Å²) in [7, 11) is -4.13. The Balaban J connectivity index is 2.09. The molecule has 3 aromatic rings. The zero-order valence-corrected chi connectivity index (χ0v) is 25.6. The lowest BCUT2D eigenvalue weighted by Crippen LogP contribution is -2.55. The van der Waals surface area contributed by atoms with Crippen LogP contribution in [-0.4, -0.2) is 43.3 Å². The highest BCUT2D eigenvalue weighted by Crippen LogP contribution is 2.28. The molecule has 0 aliphatic carbocycles. The van der Waals surface area contributed by atoms with Gasteiger partial charge in [0.2, 0.25) is 11.8 Å². The zero-order valence-electron chi connectivity index (χ0n) is 23.3. The molecular weight excluding hydrogens is 569 g/mol. The fourth-order valence-corrected chi connectivity index (χ4v) is 6.10. The summed E-state index contributed by atoms with van der Waals surface area (Å²) >= 11 is 12.3. The first-order valence-electron chi connectivity index (χ1n) is 12.9. The van der Waals surface area contributed by atoms with Crippen molar-refractivity contribution in [2.75, 3.05) is 10.8 Å². The molecule has 2 amide bonds. The van der Waals surface area contributed by atoms with Crippen LogP contribution in [-0.2, 0) is 26.2 Å². The molecule has 0 aliphatic heterocycles. The van der Waals surface area contributed by atoms with Gasteiger partial charge in [0.15, 0.2) is 0 Å². The Kier molecular flexibility index (Phi) is 10.3. The quantitative estimate of drug-likeness (QED) is 0.298. The third-order valence-corrected chi connectivity index (χ3v) is 8.73. The number of amides is 2. The van der Waals surface area contributed by atoms with E-state index in [1.54, 1.807) is 67.6 Å². The summed E-state index contributed by atoms with van der Waals surface area (Å²) in [6.07, 6.45) is 0.310. The standard InChI is InChI=1S/C30H35Cl2N3O4S/c1-6-26(29(37)33-30(3,4)5)34(19-22-16-17-24(31)25(32)18-22)28(36)20-35(27-15-11-10-12-21(27)2)40(38,39)23-13-8-7-9-14-23/h7-18,26H,6,19-20H2,1-5H3,(H,33,37). The lowest BCUT2D eigenvalue weighted by atomic mass is 10.1. The molecule has 3 aromatic carbocycles. The molecule has 0 aliphatic rings. The molecule has 1 N–H and O–H groups in total. The van der Waals surface area contributed by atoms with E-state index in [1.165, 1.54) is 17.0 Å². The summed E-state index contributed by atoms with van der Waals surface area (Å²) in [5.41, 5.74) is 1.18. The molecule has 7 nitrogen and oxygen atoms in total. The first-order chi connectivity index (χ1) is 18.7. The molecule has 0 radical (unpaired) electrons. The summed E-state index contributed by atoms with van der Waals surface area (Å²) < 4.78 is 28.9. The molecule has 40 heavy (non-hydrogen) atoms. The van der Waals surface area contributed by atoms with E-state index in [0.717, 1.165) is 4.31 Å². The number of aryl methyl sites for hydroxylation is 1. The van der Waals surface area contributed by atoms with Crippen LogP contribution < -0.4 is 9.62 Å². The van der Waals surface area contributed by atoms with Crippen LogP contribution in [0.4, 0.5) is 5.69 Å². The molecule has 0 fully saturated rings. The second-order valence-electron chi connectivity index (χ2n) is 10.5. The number of para-hydroxylation sites is 1. The van der Waals surface area contributed by atoms with Crippen molar-refractivity contribution in [3.05, 3.63) is 94.0 Å². The van der Waals surface area contributed by atoms with Crippen molar-refractivity contribution in [2.24, 2.45) is 0 Å². The highest BCUT2D eigenvalue weighted by atomic mass is 35.5. The minimum atomic E-state index is -4.13. The first kappa shape index (κ1) is 31.5. The summed E-state index contributed by atoms with van der Waals surface area (Å²) in [5.74, 6) is -0.874. The zero-order chi connectivity index (χ0) is 29.7. The second-order valence-corrected chi connectivity index (χ2v) is 13.2. The van der Waals surface area contributed by atoms with Crippen molar-refractivity contribution in [1.29, 1.82) is 0 Å². The number of sulfonamides is 1. The van der Waals surface area contributed by atoms with E-state index in [9.17, 15) is 18.0 Å². The second kappa shape index (κ2) is 13.1. The number of nitrogens with zero attached hydrogens (tertiary/aromatic N) is 2. The predicted octanol–water partition coefficient (Wildman–Crippen LogP) is 6.22. The van der Waals surface area contributed by atoms with E-state index in [4.69, 9.17) is 23.2 Å². The van der Waals surface area contributed by atoms with Gasteiger partial charge in [0.25, 0.3) is 10.0 Å². The van der Waals surface area contributed by atoms with Crippen LogP contribution in [0, 0.1) is 6.92 Å². The number of hydrogen-bond donors (Lipinski definition) is 1. The van der Waals surface area contributed by atoms with Crippen LogP contribution in [0.2, 0.25) is 10.0 Å². The highest BCUT2D eigenvalue weighted by Gasteiger charge is 2.35. The minimum absolute atomic E-state index is 0.0266. The van der Waals surface area contributed by atoms with Gasteiger partial charge in [0.05, 0.1) is 20.6 Å². The van der Waals surface area contributed by atoms with Crippen molar-refractivity contribution < 1.29 is 18.0 Å². The molecule has 0 saturated heterocycles. The van der Waals surface area contributed by atoms with E-state index < -0.39 is 34.1 Å². The summed E-state index contributed by atoms with van der Waals surface area (Å²) in [4.78, 5) is 29.0. The van der Waals surface area contributed by atoms with Crippen LogP contribution >= 0.6 is 23.2 Å². The van der Waals surface area contributed by atoms with Crippen molar-refractivity contribution in [3.63, 3.8) is 0 Å². The summed E-state index contributed by atoms with van der Waals surface area (Å²) in [6, 6.07) is 19.1. The number of benzene rings is 3. The third kappa shape index (κ3) is 7.77. The Morgan fingerprint density at radius 1 is 0.925 bits per heavy atom. The average Bonchev–Trinajstić information content (AvgIpc) is 2.89. The number of carbonyl (C=O) groups is 2. The number of nitrogens with one attached hydrogen (secondary N) is 1. The Morgan fingerprint density at radius 2 is 1.55 bits per heavy atom. The van der Waals surface area contributed by atoms with Gasteiger partial charge in [-0.1, -0.05) is 72.6 Å². The fraction of sp³-hybridized carbons (Fsp3) is 0.333. The van der Waals surface area contributed by atoms with Gasteiger partial charge < -0.3 is 10.2 Å². The van der Waals surface area contributed by atoms with Gasteiger partial charge in [-0.2, -0.15) is 0 Å². The average molecular weight is 605 g/mol. The van der Waals surface area contributed by atoms with Crippen LogP contribution in [0.15, 0.2) is 77.7 Å². The normalized spacial score (nSPS) is 12.5. The molecule has 0 aromatic heterocycles. The van der Waals surface area contributed by atoms with Crippen LogP contribution in [0.3, 0.4) is 0 Å². The lowest BCUT2D eigenvalue weighted by Gasteiger charge is -2.35. The third-order valence-electron chi connectivity index (χ3n) is 6.22. The van der Waals surface area contributed by atoms with Crippen LogP contribution in [0.1, 0.15) is 45.2 Å². The number of halogens is 2. The fourth-order valence-electron chi connectivity index (χ4n) is 4.28. The van der Waals surface area contributed by atoms with Crippen LogP contribution in [0.5, 0.6) is 0 Å². The maximum absolute atomic E-state index is 14.1. The van der Waals surface area contributed by atoms with Gasteiger partial charge in [-0.3, -0.25) is 13.9 Å². The van der Waals surface area contributed by atoms with E-state index in [1.807, 2.05) is 27.7 Å². The Hall–Kier alpha value is -3.07. The van der Waals surface area contributed by atoms with Gasteiger partial charge in [-0.25, -0.2) is 8.42 Å². The lowest BCUT2D eigenvalue weighted by molar-refractivity contribution is -0.141. The maximum atomic E-state index is 14.1. The number of anilines is 1. The van der Waals surface area contributed by atoms with Crippen molar-refractivity contribution in [3.8, 4) is 0 Å². The smallest absolute Gasteiger partial charge is 0.264 e. The molecular formula is C30H35Cl2N3O4S. The van der Waals surface area contributed by atoms with E-state index in [0.29, 0.717) is 33.3 Å². The summed E-state index contributed by atoms with van der Waals surface area (Å²) in [6.45, 7) is 8.68. The highest BCUT2D eigenvalue weighted by molar-refractivity contribution is 7.92. The molecule has 10 heteroatoms. The van der Waals surface area contributed by atoms with Crippen molar-refractivity contribution in [1.82, 2.24) is 10.2 Å².